The molecule has 0 atom stereocenters. The molecule has 0 N–H and O–H groups in total. The second-order valence-corrected chi connectivity index (χ2v) is 4.32. The van der Waals surface area contributed by atoms with Gasteiger partial charge in [-0.3, -0.25) is 0 Å². The molecule has 1 aliphatic rings. The van der Waals surface area contributed by atoms with Gasteiger partial charge in [0.05, 0.1) is 0 Å². The Morgan fingerprint density at radius 2 is 1.62 bits per heavy atom. The molecule has 0 aromatic heterocycles. The first-order valence-electron chi connectivity index (χ1n) is 4.50. The van der Waals surface area contributed by atoms with Crippen LogP contribution in [0, 0.1) is 0 Å². The minimum atomic E-state index is 0. The van der Waals surface area contributed by atoms with Gasteiger partial charge in [0, 0.05) is 0 Å². The molecule has 0 nitrogen and oxygen atoms in total. The summed E-state index contributed by atoms with van der Waals surface area (Å²) >= 11 is 2.19. The van der Waals surface area contributed by atoms with Crippen molar-refractivity contribution in [3.63, 3.8) is 0 Å². The van der Waals surface area contributed by atoms with Crippen molar-refractivity contribution in [3.05, 3.63) is 57.5 Å². The first-order valence-corrected chi connectivity index (χ1v) is 5.28. The van der Waals surface area contributed by atoms with Crippen molar-refractivity contribution in [3.8, 4) is 0 Å². The molecule has 0 unspecified atom stereocenters. The van der Waals surface area contributed by atoms with Crippen LogP contribution in [0.25, 0.3) is 0 Å². The predicted octanol–water partition coefficient (Wildman–Crippen LogP) is 4.26. The Labute approximate surface area is 127 Å². The molecule has 1 aliphatic carbocycles. The number of halogens is 3. The second-order valence-electron chi connectivity index (χ2n) is 3.32. The molecule has 0 bridgehead atoms. The first kappa shape index (κ1) is 18.6. The summed E-state index contributed by atoms with van der Waals surface area (Å²) in [7, 11) is 0. The molecule has 16 heavy (non-hydrogen) atoms. The Bertz CT molecular complexity index is 358. The molecule has 0 radical (unpaired) electrons. The van der Waals surface area contributed by atoms with E-state index in [1.54, 1.807) is 0 Å². The van der Waals surface area contributed by atoms with Gasteiger partial charge in [-0.2, -0.15) is 0 Å². The quantitative estimate of drug-likeness (QED) is 0.716. The first-order chi connectivity index (χ1) is 6.34. The van der Waals surface area contributed by atoms with E-state index in [9.17, 15) is 0 Å². The van der Waals surface area contributed by atoms with Gasteiger partial charge in [-0.1, -0.05) is 0 Å². The van der Waals surface area contributed by atoms with Gasteiger partial charge in [-0.25, -0.2) is 0 Å². The molecule has 87 valence electrons. The molecule has 4 heteroatoms. The van der Waals surface area contributed by atoms with Crippen LogP contribution in [0.4, 0.5) is 0 Å². The molecule has 0 saturated carbocycles. The predicted molar refractivity (Wildman–Crippen MR) is 72.7 cm³/mol. The van der Waals surface area contributed by atoms with Crippen LogP contribution in [0.2, 0.25) is 0 Å². The SMILES string of the molecule is Cl.Cl.Cl.[Ti][C]1=CC(Cc2ccccc2)=CC1. The van der Waals surface area contributed by atoms with E-state index in [2.05, 4.69) is 62.9 Å². The second kappa shape index (κ2) is 9.33. The zero-order valence-electron chi connectivity index (χ0n) is 8.68. The third-order valence-electron chi connectivity index (χ3n) is 2.19. The van der Waals surface area contributed by atoms with Gasteiger partial charge < -0.3 is 0 Å². The number of benzene rings is 1. The number of hydrogen-bond acceptors (Lipinski definition) is 0. The Balaban J connectivity index is 0. The zero-order valence-corrected chi connectivity index (χ0v) is 12.7. The van der Waals surface area contributed by atoms with E-state index in [-0.39, 0.29) is 37.2 Å². The van der Waals surface area contributed by atoms with Crippen molar-refractivity contribution in [1.29, 1.82) is 0 Å². The summed E-state index contributed by atoms with van der Waals surface area (Å²) in [6, 6.07) is 10.6. The summed E-state index contributed by atoms with van der Waals surface area (Å²) in [6.45, 7) is 0. The minimum absolute atomic E-state index is 0. The van der Waals surface area contributed by atoms with Crippen LogP contribution in [-0.4, -0.2) is 0 Å². The van der Waals surface area contributed by atoms with Gasteiger partial charge in [-0.15, -0.1) is 37.2 Å². The van der Waals surface area contributed by atoms with Crippen molar-refractivity contribution >= 4 is 37.2 Å². The van der Waals surface area contributed by atoms with E-state index in [4.69, 9.17) is 0 Å². The van der Waals surface area contributed by atoms with Crippen LogP contribution < -0.4 is 0 Å². The van der Waals surface area contributed by atoms with E-state index in [1.165, 1.54) is 15.0 Å². The molecule has 0 spiro atoms. The zero-order chi connectivity index (χ0) is 9.10. The van der Waals surface area contributed by atoms with Gasteiger partial charge in [0.2, 0.25) is 0 Å². The van der Waals surface area contributed by atoms with Crippen molar-refractivity contribution in [2.75, 3.05) is 0 Å². The number of allylic oxidation sites excluding steroid dienone is 4. The normalized spacial score (nSPS) is 12.4. The van der Waals surface area contributed by atoms with Crippen LogP contribution in [0.1, 0.15) is 12.0 Å². The topological polar surface area (TPSA) is 0 Å². The Morgan fingerprint density at radius 3 is 2.12 bits per heavy atom. The summed E-state index contributed by atoms with van der Waals surface area (Å²) in [5.74, 6) is 0. The molecule has 0 amide bonds. The van der Waals surface area contributed by atoms with E-state index >= 15 is 0 Å². The summed E-state index contributed by atoms with van der Waals surface area (Å²) in [6.07, 6.45) is 6.84. The number of rotatable bonds is 2. The standard InChI is InChI=1S/C12H11.3ClH.Ti/c1-2-6-11(7-3-1)10-12-8-4-5-9-12;;;;/h1-3,6-9H,4,10H2;3*1H;. The van der Waals surface area contributed by atoms with Gasteiger partial charge in [0.25, 0.3) is 0 Å². The average Bonchev–Trinajstić information content (AvgIpc) is 2.53. The third kappa shape index (κ3) is 5.56. The Morgan fingerprint density at radius 1 is 1.00 bits per heavy atom. The van der Waals surface area contributed by atoms with Crippen LogP contribution in [0.15, 0.2) is 51.9 Å². The molecule has 0 aliphatic heterocycles. The molecule has 0 heterocycles. The van der Waals surface area contributed by atoms with Crippen LogP contribution >= 0.6 is 37.2 Å². The van der Waals surface area contributed by atoms with E-state index in [0.29, 0.717) is 0 Å². The van der Waals surface area contributed by atoms with Crippen molar-refractivity contribution < 1.29 is 20.4 Å². The molecule has 1 aromatic carbocycles. The van der Waals surface area contributed by atoms with E-state index in [1.807, 2.05) is 0 Å². The van der Waals surface area contributed by atoms with Gasteiger partial charge in [0.15, 0.2) is 0 Å². The summed E-state index contributed by atoms with van der Waals surface area (Å²) < 4.78 is 1.48. The fourth-order valence-electron chi connectivity index (χ4n) is 1.54. The fraction of sp³-hybridized carbons (Fsp3) is 0.167. The molecule has 0 fully saturated rings. The van der Waals surface area contributed by atoms with Gasteiger partial charge in [0.1, 0.15) is 0 Å². The average molecular weight is 312 g/mol. The van der Waals surface area contributed by atoms with Crippen molar-refractivity contribution in [2.24, 2.45) is 0 Å². The van der Waals surface area contributed by atoms with Crippen LogP contribution in [-0.2, 0) is 26.9 Å². The van der Waals surface area contributed by atoms with Crippen molar-refractivity contribution in [1.82, 2.24) is 0 Å². The summed E-state index contributed by atoms with van der Waals surface area (Å²) in [4.78, 5) is 0. The molecule has 1 aromatic rings. The molecule has 0 saturated heterocycles. The Hall–Kier alpha value is 0.284. The fourth-order valence-corrected chi connectivity index (χ4v) is 1.99. The van der Waals surface area contributed by atoms with Crippen LogP contribution in [0.5, 0.6) is 0 Å². The molecular weight excluding hydrogens is 298 g/mol. The van der Waals surface area contributed by atoms with Gasteiger partial charge in [-0.05, 0) is 0 Å². The monoisotopic (exact) mass is 311 g/mol. The number of hydrogen-bond donors (Lipinski definition) is 0. The Kier molecular flexibility index (Phi) is 10.9. The van der Waals surface area contributed by atoms with E-state index < -0.39 is 0 Å². The maximum atomic E-state index is 2.32. The van der Waals surface area contributed by atoms with Gasteiger partial charge >= 0.3 is 90.8 Å². The molecule has 2 rings (SSSR count). The van der Waals surface area contributed by atoms with E-state index in [0.717, 1.165) is 12.8 Å². The van der Waals surface area contributed by atoms with Crippen LogP contribution in [0.3, 0.4) is 0 Å². The van der Waals surface area contributed by atoms with Crippen molar-refractivity contribution in [2.45, 2.75) is 12.8 Å². The third-order valence-corrected chi connectivity index (χ3v) is 2.74. The summed E-state index contributed by atoms with van der Waals surface area (Å²) in [5, 5.41) is 0. The maximum absolute atomic E-state index is 2.32. The molecular formula is C12H14Cl3Ti. The summed E-state index contributed by atoms with van der Waals surface area (Å²) in [5.41, 5.74) is 2.86.